The van der Waals surface area contributed by atoms with Gasteiger partial charge in [-0.15, -0.1) is 23.2 Å². The summed E-state index contributed by atoms with van der Waals surface area (Å²) in [5, 5.41) is 4.61. The summed E-state index contributed by atoms with van der Waals surface area (Å²) in [5.41, 5.74) is -0.152. The number of halogens is 6. The number of nitrogens with one attached hydrogen (secondary N) is 2. The monoisotopic (exact) mass is 480 g/mol. The van der Waals surface area contributed by atoms with Crippen LogP contribution in [0.5, 0.6) is 0 Å². The smallest absolute Gasteiger partial charge is 0.255 e. The molecule has 0 radical (unpaired) electrons. The summed E-state index contributed by atoms with van der Waals surface area (Å²) >= 11 is 24.2. The van der Waals surface area contributed by atoms with Gasteiger partial charge in [-0.05, 0) is 36.8 Å². The quantitative estimate of drug-likeness (QED) is 0.550. The molecular formula is C19H14Cl4F2N2O2. The molecule has 1 fully saturated rings. The maximum Gasteiger partial charge on any atom is 0.255 e. The van der Waals surface area contributed by atoms with Gasteiger partial charge in [-0.2, -0.15) is 0 Å². The maximum atomic E-state index is 14.8. The van der Waals surface area contributed by atoms with Crippen molar-refractivity contribution in [3.8, 4) is 0 Å². The number of anilines is 1. The van der Waals surface area contributed by atoms with Crippen LogP contribution in [-0.2, 0) is 4.79 Å². The first-order valence-electron chi connectivity index (χ1n) is 8.49. The second-order valence-corrected chi connectivity index (χ2v) is 8.69. The van der Waals surface area contributed by atoms with E-state index in [9.17, 15) is 18.4 Å². The lowest BCUT2D eigenvalue weighted by Crippen LogP contribution is -2.25. The zero-order valence-electron chi connectivity index (χ0n) is 14.8. The summed E-state index contributed by atoms with van der Waals surface area (Å²) in [5.74, 6) is -4.57. The first-order valence-corrected chi connectivity index (χ1v) is 10.0. The van der Waals surface area contributed by atoms with Crippen molar-refractivity contribution in [3.63, 3.8) is 0 Å². The largest absolute Gasteiger partial charge is 0.352 e. The summed E-state index contributed by atoms with van der Waals surface area (Å²) in [6, 6.07) is 6.43. The summed E-state index contributed by atoms with van der Waals surface area (Å²) in [6.45, 7) is 1.95. The minimum Gasteiger partial charge on any atom is -0.352 e. The molecule has 2 atom stereocenters. The van der Waals surface area contributed by atoms with Gasteiger partial charge in [0.25, 0.3) is 5.91 Å². The van der Waals surface area contributed by atoms with E-state index in [4.69, 9.17) is 46.4 Å². The number of benzene rings is 2. The molecular weight excluding hydrogens is 468 g/mol. The standard InChI is InChI=1S/C19H14Cl4F2N2O2/c1-2-26-17(28)13-9(20)4-6-12(16(13)25)27-18(29)15-14(19(15,22)23)8-3-5-11(24)10(21)7-8/h3-7,14-15H,2H2,1H3,(H,26,28)(H,27,29)/t14-,15?/m0/s1. The fraction of sp³-hybridized carbons (Fsp3) is 0.263. The number of hydrogen-bond donors (Lipinski definition) is 2. The summed E-state index contributed by atoms with van der Waals surface area (Å²) < 4.78 is 26.7. The van der Waals surface area contributed by atoms with Gasteiger partial charge in [0.05, 0.1) is 27.2 Å². The van der Waals surface area contributed by atoms with Crippen LogP contribution in [0, 0.1) is 17.6 Å². The lowest BCUT2D eigenvalue weighted by atomic mass is 10.1. The number of alkyl halides is 2. The second kappa shape index (κ2) is 8.26. The van der Waals surface area contributed by atoms with Crippen molar-refractivity contribution in [2.24, 2.45) is 5.92 Å². The van der Waals surface area contributed by atoms with Crippen LogP contribution in [0.4, 0.5) is 14.5 Å². The van der Waals surface area contributed by atoms with Gasteiger partial charge in [-0.1, -0.05) is 29.3 Å². The average molecular weight is 482 g/mol. The minimum absolute atomic E-state index is 0.0965. The Morgan fingerprint density at radius 3 is 2.41 bits per heavy atom. The van der Waals surface area contributed by atoms with Crippen LogP contribution in [0.3, 0.4) is 0 Å². The Balaban J connectivity index is 1.84. The van der Waals surface area contributed by atoms with Crippen molar-refractivity contribution in [2.45, 2.75) is 17.2 Å². The SMILES string of the molecule is CCNC(=O)c1c(Cl)ccc(NC(=O)C2[C@H](c3ccc(F)c(Cl)c3)C2(Cl)Cl)c1F. The Kier molecular flexibility index (Phi) is 6.30. The van der Waals surface area contributed by atoms with E-state index < -0.39 is 39.6 Å². The molecule has 0 bridgehead atoms. The molecule has 2 amide bonds. The predicted octanol–water partition coefficient (Wildman–Crippen LogP) is 5.55. The van der Waals surface area contributed by atoms with Crippen molar-refractivity contribution in [1.82, 2.24) is 5.32 Å². The molecule has 1 saturated carbocycles. The number of rotatable bonds is 5. The van der Waals surface area contributed by atoms with Crippen LogP contribution in [0.1, 0.15) is 28.8 Å². The highest BCUT2D eigenvalue weighted by Crippen LogP contribution is 2.65. The van der Waals surface area contributed by atoms with E-state index in [1.54, 1.807) is 6.92 Å². The first kappa shape index (κ1) is 22.1. The minimum atomic E-state index is -1.48. The number of carbonyl (C=O) groups excluding carboxylic acids is 2. The molecule has 154 valence electrons. The topological polar surface area (TPSA) is 58.2 Å². The average Bonchev–Trinajstić information content (AvgIpc) is 3.22. The summed E-state index contributed by atoms with van der Waals surface area (Å²) in [7, 11) is 0. The van der Waals surface area contributed by atoms with Gasteiger partial charge >= 0.3 is 0 Å². The van der Waals surface area contributed by atoms with Gasteiger partial charge in [0.1, 0.15) is 10.2 Å². The van der Waals surface area contributed by atoms with Crippen LogP contribution in [0.2, 0.25) is 10.0 Å². The third-order valence-corrected chi connectivity index (χ3v) is 6.10. The van der Waals surface area contributed by atoms with Gasteiger partial charge < -0.3 is 10.6 Å². The summed E-state index contributed by atoms with van der Waals surface area (Å²) in [6.07, 6.45) is 0. The fourth-order valence-electron chi connectivity index (χ4n) is 3.09. The Labute approximate surface area is 185 Å². The molecule has 29 heavy (non-hydrogen) atoms. The highest BCUT2D eigenvalue weighted by molar-refractivity contribution is 6.53. The summed E-state index contributed by atoms with van der Waals surface area (Å²) in [4.78, 5) is 24.7. The van der Waals surface area contributed by atoms with E-state index in [0.29, 0.717) is 5.56 Å². The van der Waals surface area contributed by atoms with E-state index in [-0.39, 0.29) is 27.8 Å². The van der Waals surface area contributed by atoms with Gasteiger partial charge in [0.15, 0.2) is 5.82 Å². The number of carbonyl (C=O) groups is 2. The Morgan fingerprint density at radius 2 is 1.79 bits per heavy atom. The molecule has 1 aliphatic rings. The van der Waals surface area contributed by atoms with Crippen LogP contribution in [0.15, 0.2) is 30.3 Å². The van der Waals surface area contributed by atoms with Gasteiger partial charge in [0, 0.05) is 12.5 Å². The van der Waals surface area contributed by atoms with Crippen molar-refractivity contribution in [3.05, 3.63) is 63.1 Å². The highest BCUT2D eigenvalue weighted by atomic mass is 35.5. The van der Waals surface area contributed by atoms with Crippen molar-refractivity contribution in [1.29, 1.82) is 0 Å². The second-order valence-electron chi connectivity index (χ2n) is 6.44. The van der Waals surface area contributed by atoms with Crippen LogP contribution < -0.4 is 10.6 Å². The van der Waals surface area contributed by atoms with Crippen LogP contribution in [-0.4, -0.2) is 22.7 Å². The molecule has 1 unspecified atom stereocenters. The fourth-order valence-corrected chi connectivity index (χ4v) is 4.34. The van der Waals surface area contributed by atoms with Gasteiger partial charge in [-0.3, -0.25) is 9.59 Å². The Hall–Kier alpha value is -1.60. The normalized spacial score (nSPS) is 19.6. The van der Waals surface area contributed by atoms with E-state index in [0.717, 1.165) is 6.07 Å². The number of hydrogen-bond acceptors (Lipinski definition) is 2. The molecule has 4 nitrogen and oxygen atoms in total. The molecule has 1 aliphatic carbocycles. The Bertz CT molecular complexity index is 1000. The molecule has 2 aromatic rings. The van der Waals surface area contributed by atoms with E-state index >= 15 is 0 Å². The molecule has 0 aromatic heterocycles. The van der Waals surface area contributed by atoms with Crippen molar-refractivity contribution < 1.29 is 18.4 Å². The van der Waals surface area contributed by atoms with E-state index in [1.807, 2.05) is 0 Å². The lowest BCUT2D eigenvalue weighted by molar-refractivity contribution is -0.117. The molecule has 0 aliphatic heterocycles. The molecule has 3 rings (SSSR count). The first-order chi connectivity index (χ1) is 13.6. The van der Waals surface area contributed by atoms with Crippen LogP contribution >= 0.6 is 46.4 Å². The lowest BCUT2D eigenvalue weighted by Gasteiger charge is -2.11. The zero-order valence-corrected chi connectivity index (χ0v) is 17.9. The molecule has 10 heteroatoms. The maximum absolute atomic E-state index is 14.8. The zero-order chi connectivity index (χ0) is 21.5. The van der Waals surface area contributed by atoms with Gasteiger partial charge in [-0.25, -0.2) is 8.78 Å². The van der Waals surface area contributed by atoms with Gasteiger partial charge in [0.2, 0.25) is 5.91 Å². The van der Waals surface area contributed by atoms with Crippen molar-refractivity contribution >= 4 is 63.9 Å². The van der Waals surface area contributed by atoms with E-state index in [2.05, 4.69) is 10.6 Å². The predicted molar refractivity (Wildman–Crippen MR) is 110 cm³/mol. The van der Waals surface area contributed by atoms with Crippen molar-refractivity contribution in [2.75, 3.05) is 11.9 Å². The molecule has 2 N–H and O–H groups in total. The molecule has 0 spiro atoms. The molecule has 2 aromatic carbocycles. The molecule has 0 heterocycles. The third-order valence-electron chi connectivity index (χ3n) is 4.55. The highest BCUT2D eigenvalue weighted by Gasteiger charge is 2.67. The van der Waals surface area contributed by atoms with Crippen LogP contribution in [0.25, 0.3) is 0 Å². The Morgan fingerprint density at radius 1 is 1.10 bits per heavy atom. The molecule has 0 saturated heterocycles. The third kappa shape index (κ3) is 4.17. The van der Waals surface area contributed by atoms with E-state index in [1.165, 1.54) is 24.3 Å². The number of amides is 2.